The van der Waals surface area contributed by atoms with E-state index in [9.17, 15) is 18.0 Å². The lowest BCUT2D eigenvalue weighted by atomic mass is 9.86. The second-order valence-corrected chi connectivity index (χ2v) is 6.45. The van der Waals surface area contributed by atoms with Crippen LogP contribution in [0.2, 0.25) is 0 Å². The van der Waals surface area contributed by atoms with Crippen LogP contribution in [0.5, 0.6) is 0 Å². The topological polar surface area (TPSA) is 47.2 Å². The fourth-order valence-corrected chi connectivity index (χ4v) is 2.42. The molecule has 0 radical (unpaired) electrons. The molecule has 0 saturated heterocycles. The van der Waals surface area contributed by atoms with E-state index in [1.54, 1.807) is 46.0 Å². The Hall–Kier alpha value is -1.76. The summed E-state index contributed by atoms with van der Waals surface area (Å²) in [5.41, 5.74) is 0.677. The highest BCUT2D eigenvalue weighted by Crippen LogP contribution is 2.33. The van der Waals surface area contributed by atoms with Crippen LogP contribution in [0.3, 0.4) is 0 Å². The molecule has 7 heteroatoms. The van der Waals surface area contributed by atoms with Crippen LogP contribution in [0.25, 0.3) is 11.1 Å². The molecule has 1 unspecified atom stereocenters. The zero-order chi connectivity index (χ0) is 16.7. The van der Waals surface area contributed by atoms with Gasteiger partial charge in [0, 0.05) is 13.6 Å². The van der Waals surface area contributed by atoms with Gasteiger partial charge in [-0.2, -0.15) is 13.2 Å². The highest BCUT2D eigenvalue weighted by atomic mass is 19.4. The second kappa shape index (κ2) is 5.46. The van der Waals surface area contributed by atoms with E-state index >= 15 is 0 Å². The van der Waals surface area contributed by atoms with Crippen molar-refractivity contribution < 1.29 is 17.6 Å². The van der Waals surface area contributed by atoms with E-state index in [2.05, 4.69) is 5.32 Å². The predicted octanol–water partition coefficient (Wildman–Crippen LogP) is 3.20. The van der Waals surface area contributed by atoms with Gasteiger partial charge in [0.15, 0.2) is 5.58 Å². The summed E-state index contributed by atoms with van der Waals surface area (Å²) in [6.45, 7) is 4.68. The third kappa shape index (κ3) is 3.35. The molecule has 2 aromatic rings. The number of benzene rings is 1. The van der Waals surface area contributed by atoms with Crippen LogP contribution in [0, 0.1) is 5.41 Å². The molecule has 1 aromatic heterocycles. The Balaban J connectivity index is 2.23. The molecule has 0 saturated carbocycles. The first-order chi connectivity index (χ1) is 10.00. The molecule has 0 bridgehead atoms. The van der Waals surface area contributed by atoms with Gasteiger partial charge in [-0.3, -0.25) is 4.57 Å². The molecule has 0 spiro atoms. The summed E-state index contributed by atoms with van der Waals surface area (Å²) in [5.74, 6) is -0.497. The maximum Gasteiger partial charge on any atom is 0.419 e. The van der Waals surface area contributed by atoms with Crippen molar-refractivity contribution in [1.29, 1.82) is 0 Å². The van der Waals surface area contributed by atoms with E-state index in [0.29, 0.717) is 16.7 Å². The summed E-state index contributed by atoms with van der Waals surface area (Å²) in [4.78, 5) is 11.4. The van der Waals surface area contributed by atoms with Crippen molar-refractivity contribution in [2.24, 2.45) is 12.5 Å². The molecular weight excluding hydrogens is 297 g/mol. The van der Waals surface area contributed by atoms with Crippen LogP contribution < -0.4 is 11.1 Å². The van der Waals surface area contributed by atoms with E-state index < -0.39 is 23.4 Å². The van der Waals surface area contributed by atoms with Crippen LogP contribution in [-0.4, -0.2) is 16.8 Å². The number of rotatable bonds is 3. The number of fused-ring (bicyclic) bond motifs is 1. The largest absolute Gasteiger partial charge is 0.419 e. The van der Waals surface area contributed by atoms with Crippen molar-refractivity contribution in [3.8, 4) is 0 Å². The number of halogens is 3. The Kier molecular flexibility index (Phi) is 4.12. The van der Waals surface area contributed by atoms with Gasteiger partial charge in [-0.1, -0.05) is 26.8 Å². The van der Waals surface area contributed by atoms with E-state index in [-0.39, 0.29) is 6.54 Å². The third-order valence-electron chi connectivity index (χ3n) is 3.56. The Labute approximate surface area is 125 Å². The Bertz CT molecular complexity index is 709. The SMILES string of the molecule is Cn1c(=O)oc2ccc(CNC(C(C)(C)C)C(F)(F)F)cc21. The molecule has 0 amide bonds. The fraction of sp³-hybridized carbons (Fsp3) is 0.533. The molecule has 0 aliphatic rings. The first-order valence-corrected chi connectivity index (χ1v) is 6.88. The molecular formula is C15H19F3N2O2. The lowest BCUT2D eigenvalue weighted by molar-refractivity contribution is -0.178. The lowest BCUT2D eigenvalue weighted by Crippen LogP contribution is -2.50. The molecule has 0 aliphatic carbocycles. The Morgan fingerprint density at radius 1 is 1.27 bits per heavy atom. The molecule has 1 N–H and O–H groups in total. The van der Waals surface area contributed by atoms with Crippen LogP contribution in [0.15, 0.2) is 27.4 Å². The lowest BCUT2D eigenvalue weighted by Gasteiger charge is -2.33. The van der Waals surface area contributed by atoms with Crippen molar-refractivity contribution in [3.63, 3.8) is 0 Å². The number of alkyl halides is 3. The van der Waals surface area contributed by atoms with Crippen LogP contribution in [0.4, 0.5) is 13.2 Å². The van der Waals surface area contributed by atoms with Gasteiger partial charge in [0.25, 0.3) is 0 Å². The van der Waals surface area contributed by atoms with Gasteiger partial charge in [-0.15, -0.1) is 0 Å². The number of nitrogens with zero attached hydrogens (tertiary/aromatic N) is 1. The summed E-state index contributed by atoms with van der Waals surface area (Å²) in [6, 6.07) is 3.27. The fourth-order valence-electron chi connectivity index (χ4n) is 2.42. The number of nitrogens with one attached hydrogen (secondary N) is 1. The third-order valence-corrected chi connectivity index (χ3v) is 3.56. The number of aryl methyl sites for hydroxylation is 1. The summed E-state index contributed by atoms with van der Waals surface area (Å²) >= 11 is 0. The molecule has 1 atom stereocenters. The smallest absolute Gasteiger partial charge is 0.408 e. The van der Waals surface area contributed by atoms with Gasteiger partial charge < -0.3 is 9.73 Å². The predicted molar refractivity (Wildman–Crippen MR) is 77.6 cm³/mol. The first kappa shape index (κ1) is 16.6. The van der Waals surface area contributed by atoms with Crippen LogP contribution >= 0.6 is 0 Å². The monoisotopic (exact) mass is 316 g/mol. The minimum Gasteiger partial charge on any atom is -0.408 e. The quantitative estimate of drug-likeness (QED) is 0.946. The van der Waals surface area contributed by atoms with E-state index in [1.165, 1.54) is 4.57 Å². The van der Waals surface area contributed by atoms with Crippen LogP contribution in [-0.2, 0) is 13.6 Å². The average Bonchev–Trinajstić information content (AvgIpc) is 2.62. The molecule has 0 fully saturated rings. The second-order valence-electron chi connectivity index (χ2n) is 6.45. The Morgan fingerprint density at radius 3 is 2.45 bits per heavy atom. The molecule has 2 rings (SSSR count). The van der Waals surface area contributed by atoms with Crippen molar-refractivity contribution in [2.45, 2.75) is 39.5 Å². The summed E-state index contributed by atoms with van der Waals surface area (Å²) < 4.78 is 45.7. The van der Waals surface area contributed by atoms with Gasteiger partial charge in [0.05, 0.1) is 5.52 Å². The molecule has 1 aromatic carbocycles. The molecule has 122 valence electrons. The molecule has 4 nitrogen and oxygen atoms in total. The highest BCUT2D eigenvalue weighted by molar-refractivity contribution is 5.73. The highest BCUT2D eigenvalue weighted by Gasteiger charge is 2.46. The summed E-state index contributed by atoms with van der Waals surface area (Å²) in [6.07, 6.45) is -4.33. The van der Waals surface area contributed by atoms with E-state index in [0.717, 1.165) is 0 Å². The zero-order valence-corrected chi connectivity index (χ0v) is 12.9. The van der Waals surface area contributed by atoms with Crippen molar-refractivity contribution in [1.82, 2.24) is 9.88 Å². The molecule has 1 heterocycles. The van der Waals surface area contributed by atoms with Crippen molar-refractivity contribution in [3.05, 3.63) is 34.3 Å². The maximum atomic E-state index is 13.1. The van der Waals surface area contributed by atoms with Crippen molar-refractivity contribution in [2.75, 3.05) is 0 Å². The van der Waals surface area contributed by atoms with Gasteiger partial charge in [0.1, 0.15) is 6.04 Å². The summed E-state index contributed by atoms with van der Waals surface area (Å²) in [7, 11) is 1.55. The minimum absolute atomic E-state index is 0.0523. The number of hydrogen-bond donors (Lipinski definition) is 1. The standard InChI is InChI=1S/C15H19F3N2O2/c1-14(2,3)12(15(16,17)18)19-8-9-5-6-11-10(7-9)20(4)13(21)22-11/h5-7,12,19H,8H2,1-4H3. The summed E-state index contributed by atoms with van der Waals surface area (Å²) in [5, 5.41) is 2.56. The number of hydrogen-bond acceptors (Lipinski definition) is 3. The minimum atomic E-state index is -4.33. The van der Waals surface area contributed by atoms with E-state index in [4.69, 9.17) is 4.42 Å². The number of aromatic nitrogens is 1. The number of oxazole rings is 1. The van der Waals surface area contributed by atoms with Gasteiger partial charge in [0.2, 0.25) is 0 Å². The maximum absolute atomic E-state index is 13.1. The Morgan fingerprint density at radius 2 is 1.91 bits per heavy atom. The van der Waals surface area contributed by atoms with Gasteiger partial charge in [-0.25, -0.2) is 4.79 Å². The normalized spacial score (nSPS) is 14.5. The molecule has 22 heavy (non-hydrogen) atoms. The zero-order valence-electron chi connectivity index (χ0n) is 12.9. The van der Waals surface area contributed by atoms with Gasteiger partial charge in [-0.05, 0) is 23.1 Å². The molecule has 0 aliphatic heterocycles. The average molecular weight is 316 g/mol. The first-order valence-electron chi connectivity index (χ1n) is 6.88. The van der Waals surface area contributed by atoms with E-state index in [1.807, 2.05) is 0 Å². The van der Waals surface area contributed by atoms with Crippen molar-refractivity contribution >= 4 is 11.1 Å². The van der Waals surface area contributed by atoms with Gasteiger partial charge >= 0.3 is 11.9 Å². The van der Waals surface area contributed by atoms with Crippen LogP contribution in [0.1, 0.15) is 26.3 Å².